The van der Waals surface area contributed by atoms with Crippen LogP contribution >= 0.6 is 0 Å². The number of ketones is 1. The van der Waals surface area contributed by atoms with Crippen LogP contribution in [0.25, 0.3) is 10.8 Å². The standard InChI is InChI=1S/C47H55NO5/c1-43-22-19-36(49)28-45(43)25-26-47(38(29-45)41(50)34-14-7-4-8-15-34)39(43)20-23-44(2)40(47)21-24-46(44,52)31-48(30-32-11-5-3-6-12-32)42(51)53-37-18-17-33-13-9-10-16-35(33)27-37/h3,5-6,9-13,16-18,25-27,29,34,36,39-40,49,52H,4,7-8,14-15,19-24,28,30-31H2,1-2H3. The van der Waals surface area contributed by atoms with Crippen LogP contribution in [-0.4, -0.2) is 45.2 Å². The highest BCUT2D eigenvalue weighted by atomic mass is 16.6. The van der Waals surface area contributed by atoms with E-state index in [2.05, 4.69) is 32.1 Å². The number of hydrogen-bond donors (Lipinski definition) is 2. The number of amides is 1. The van der Waals surface area contributed by atoms with Gasteiger partial charge in [0.25, 0.3) is 0 Å². The van der Waals surface area contributed by atoms with Crippen LogP contribution in [0.4, 0.5) is 4.79 Å². The molecule has 0 aliphatic heterocycles. The SMILES string of the molecule is CC12CCC(O)CC13C=CC1(C(C(=O)C4CCCCC4)=C3)C2CCC2(C)C1CCC2(O)CN(Cc1ccccc1)C(=O)Oc1ccc2ccccc2c1. The monoisotopic (exact) mass is 713 g/mol. The molecule has 0 heterocycles. The lowest BCUT2D eigenvalue weighted by Gasteiger charge is -2.71. The maximum absolute atomic E-state index is 14.9. The molecule has 4 saturated carbocycles. The van der Waals surface area contributed by atoms with E-state index >= 15 is 0 Å². The lowest BCUT2D eigenvalue weighted by molar-refractivity contribution is -0.178. The fraction of sp³-hybridized carbons (Fsp3) is 0.532. The molecule has 10 rings (SSSR count). The molecule has 8 unspecified atom stereocenters. The van der Waals surface area contributed by atoms with Gasteiger partial charge in [-0.15, -0.1) is 0 Å². The summed E-state index contributed by atoms with van der Waals surface area (Å²) in [6.07, 6.45) is 17.1. The first kappa shape index (κ1) is 35.0. The van der Waals surface area contributed by atoms with Crippen molar-refractivity contribution in [1.29, 1.82) is 0 Å². The van der Waals surface area contributed by atoms with Crippen LogP contribution in [0, 0.1) is 39.4 Å². The molecule has 2 bridgehead atoms. The molecule has 3 aromatic rings. The zero-order valence-corrected chi connectivity index (χ0v) is 31.4. The molecule has 2 N–H and O–H groups in total. The van der Waals surface area contributed by atoms with Crippen molar-refractivity contribution in [1.82, 2.24) is 4.90 Å². The van der Waals surface area contributed by atoms with Gasteiger partial charge in [-0.05, 0) is 104 Å². The summed E-state index contributed by atoms with van der Waals surface area (Å²) < 4.78 is 6.10. The maximum atomic E-state index is 14.9. The minimum atomic E-state index is -1.18. The Hall–Kier alpha value is -3.74. The third-order valence-corrected chi connectivity index (χ3v) is 15.8. The van der Waals surface area contributed by atoms with Crippen molar-refractivity contribution in [2.75, 3.05) is 6.54 Å². The average Bonchev–Trinajstić information content (AvgIpc) is 3.44. The topological polar surface area (TPSA) is 87.1 Å². The predicted octanol–water partition coefficient (Wildman–Crippen LogP) is 9.58. The summed E-state index contributed by atoms with van der Waals surface area (Å²) in [7, 11) is 0. The predicted molar refractivity (Wildman–Crippen MR) is 207 cm³/mol. The molecular formula is C47H55NO5. The molecule has 53 heavy (non-hydrogen) atoms. The number of carbonyl (C=O) groups excluding carboxylic acids is 2. The number of Topliss-reactive ketones (excluding diaryl/α,β-unsaturated/α-hetero) is 1. The molecule has 1 amide bonds. The Bertz CT molecular complexity index is 1980. The molecule has 7 aliphatic rings. The Kier molecular flexibility index (Phi) is 8.36. The molecule has 6 nitrogen and oxygen atoms in total. The average molecular weight is 714 g/mol. The highest BCUT2D eigenvalue weighted by molar-refractivity contribution is 6.00. The van der Waals surface area contributed by atoms with Gasteiger partial charge in [-0.2, -0.15) is 0 Å². The summed E-state index contributed by atoms with van der Waals surface area (Å²) in [6, 6.07) is 23.7. The summed E-state index contributed by atoms with van der Waals surface area (Å²) >= 11 is 0. The number of fused-ring (bicyclic) bond motifs is 2. The normalized spacial score (nSPS) is 37.4. The van der Waals surface area contributed by atoms with Crippen molar-refractivity contribution >= 4 is 22.6 Å². The number of aliphatic hydroxyl groups is 2. The number of nitrogens with zero attached hydrogens (tertiary/aromatic N) is 1. The van der Waals surface area contributed by atoms with Crippen molar-refractivity contribution in [2.24, 2.45) is 39.4 Å². The largest absolute Gasteiger partial charge is 0.415 e. The van der Waals surface area contributed by atoms with Gasteiger partial charge in [0.2, 0.25) is 0 Å². The molecule has 6 heteroatoms. The first-order valence-electron chi connectivity index (χ1n) is 20.4. The van der Waals surface area contributed by atoms with Crippen LogP contribution in [0.3, 0.4) is 0 Å². The van der Waals surface area contributed by atoms with Gasteiger partial charge in [0.15, 0.2) is 5.78 Å². The van der Waals surface area contributed by atoms with Gasteiger partial charge in [-0.25, -0.2) is 4.79 Å². The van der Waals surface area contributed by atoms with E-state index in [9.17, 15) is 19.8 Å². The number of hydrogen-bond acceptors (Lipinski definition) is 5. The summed E-state index contributed by atoms with van der Waals surface area (Å²) in [5, 5.41) is 26.3. The smallest absolute Gasteiger partial charge is 0.410 e. The number of ether oxygens (including phenoxy) is 1. The minimum Gasteiger partial charge on any atom is -0.410 e. The van der Waals surface area contributed by atoms with E-state index in [1.54, 1.807) is 4.90 Å². The van der Waals surface area contributed by atoms with Gasteiger partial charge >= 0.3 is 6.09 Å². The molecule has 7 aliphatic carbocycles. The maximum Gasteiger partial charge on any atom is 0.415 e. The zero-order valence-electron chi connectivity index (χ0n) is 31.4. The molecule has 4 fully saturated rings. The minimum absolute atomic E-state index is 0.0471. The van der Waals surface area contributed by atoms with Crippen LogP contribution in [0.15, 0.2) is 96.6 Å². The number of allylic oxidation sites excluding steroid dienone is 4. The molecule has 278 valence electrons. The van der Waals surface area contributed by atoms with Crippen molar-refractivity contribution in [3.05, 3.63) is 102 Å². The molecule has 0 aromatic heterocycles. The Morgan fingerprint density at radius 1 is 0.792 bits per heavy atom. The van der Waals surface area contributed by atoms with Gasteiger partial charge in [0.05, 0.1) is 18.2 Å². The van der Waals surface area contributed by atoms with Crippen LogP contribution in [0.1, 0.15) is 96.5 Å². The van der Waals surface area contributed by atoms with Gasteiger partial charge in [-0.3, -0.25) is 4.79 Å². The fourth-order valence-corrected chi connectivity index (χ4v) is 12.9. The van der Waals surface area contributed by atoms with Crippen molar-refractivity contribution in [3.63, 3.8) is 0 Å². The van der Waals surface area contributed by atoms with E-state index in [0.717, 1.165) is 79.7 Å². The second-order valence-electron chi connectivity index (χ2n) is 18.2. The van der Waals surface area contributed by atoms with E-state index < -0.39 is 22.5 Å². The molecule has 3 aromatic carbocycles. The van der Waals surface area contributed by atoms with E-state index in [4.69, 9.17) is 4.74 Å². The van der Waals surface area contributed by atoms with E-state index in [0.29, 0.717) is 30.9 Å². The van der Waals surface area contributed by atoms with Crippen LogP contribution in [0.2, 0.25) is 0 Å². The number of rotatable bonds is 7. The molecule has 0 radical (unpaired) electrons. The second kappa shape index (κ2) is 12.7. The summed E-state index contributed by atoms with van der Waals surface area (Å²) in [5.41, 5.74) is -0.623. The summed E-state index contributed by atoms with van der Waals surface area (Å²) in [6.45, 7) is 5.16. The third-order valence-electron chi connectivity index (χ3n) is 15.8. The second-order valence-corrected chi connectivity index (χ2v) is 18.2. The first-order valence-corrected chi connectivity index (χ1v) is 20.4. The van der Waals surface area contributed by atoms with E-state index in [1.807, 2.05) is 72.8 Å². The van der Waals surface area contributed by atoms with Crippen LogP contribution < -0.4 is 4.74 Å². The highest BCUT2D eigenvalue weighted by Crippen LogP contribution is 2.78. The number of benzene rings is 3. The van der Waals surface area contributed by atoms with Crippen LogP contribution in [-0.2, 0) is 11.3 Å². The van der Waals surface area contributed by atoms with Crippen LogP contribution in [0.5, 0.6) is 5.75 Å². The van der Waals surface area contributed by atoms with Gasteiger partial charge in [0.1, 0.15) is 5.75 Å². The Labute approximate surface area is 314 Å². The van der Waals surface area contributed by atoms with Crippen molar-refractivity contribution in [3.8, 4) is 5.75 Å². The van der Waals surface area contributed by atoms with E-state index in [1.165, 1.54) is 6.42 Å². The van der Waals surface area contributed by atoms with Crippen molar-refractivity contribution in [2.45, 2.75) is 109 Å². The van der Waals surface area contributed by atoms with E-state index in [-0.39, 0.29) is 41.2 Å². The highest BCUT2D eigenvalue weighted by Gasteiger charge is 2.74. The lowest BCUT2D eigenvalue weighted by Crippen LogP contribution is -2.67. The molecular weight excluding hydrogens is 659 g/mol. The number of aliphatic hydroxyl groups excluding tert-OH is 1. The van der Waals surface area contributed by atoms with Gasteiger partial charge < -0.3 is 19.8 Å². The Balaban J connectivity index is 1.08. The zero-order chi connectivity index (χ0) is 36.6. The molecule has 2 spiro atoms. The summed E-state index contributed by atoms with van der Waals surface area (Å²) in [4.78, 5) is 30.9. The van der Waals surface area contributed by atoms with Gasteiger partial charge in [-0.1, -0.05) is 112 Å². The molecule has 0 saturated heterocycles. The quantitative estimate of drug-likeness (QED) is 0.238. The first-order chi connectivity index (χ1) is 25.5. The fourth-order valence-electron chi connectivity index (χ4n) is 12.9. The summed E-state index contributed by atoms with van der Waals surface area (Å²) in [5.74, 6) is 1.16. The molecule has 8 atom stereocenters. The van der Waals surface area contributed by atoms with Gasteiger partial charge in [0, 0.05) is 34.3 Å². The lowest BCUT2D eigenvalue weighted by atomic mass is 9.32. The van der Waals surface area contributed by atoms with Crippen molar-refractivity contribution < 1.29 is 24.5 Å². The Morgan fingerprint density at radius 3 is 2.28 bits per heavy atom. The Morgan fingerprint density at radius 2 is 1.49 bits per heavy atom. The number of carbonyl (C=O) groups is 2. The third kappa shape index (κ3) is 5.25.